The van der Waals surface area contributed by atoms with Crippen LogP contribution in [0, 0.1) is 12.3 Å². The van der Waals surface area contributed by atoms with E-state index in [-0.39, 0.29) is 0 Å². The van der Waals surface area contributed by atoms with E-state index in [2.05, 4.69) is 4.99 Å². The second kappa shape index (κ2) is 6.74. The predicted octanol–water partition coefficient (Wildman–Crippen LogP) is 4.44. The molecule has 2 nitrogen and oxygen atoms in total. The van der Waals surface area contributed by atoms with E-state index in [1.807, 2.05) is 31.3 Å². The Hall–Kier alpha value is 0.153. The van der Waals surface area contributed by atoms with Gasteiger partial charge in [-0.2, -0.15) is 0 Å². The van der Waals surface area contributed by atoms with Crippen LogP contribution in [-0.4, -0.2) is 17.4 Å². The van der Waals surface area contributed by atoms with Gasteiger partial charge >= 0.3 is 37.9 Å². The van der Waals surface area contributed by atoms with E-state index >= 15 is 0 Å². The summed E-state index contributed by atoms with van der Waals surface area (Å²) < 4.78 is 0. The molecule has 2 fully saturated rings. The van der Waals surface area contributed by atoms with Crippen LogP contribution in [0.15, 0.2) is 23.2 Å². The molecule has 1 N–H and O–H groups in total. The molecule has 0 bridgehead atoms. The van der Waals surface area contributed by atoms with Crippen LogP contribution in [0.4, 0.5) is 0 Å². The van der Waals surface area contributed by atoms with Crippen LogP contribution in [0.5, 0.6) is 5.75 Å². The summed E-state index contributed by atoms with van der Waals surface area (Å²) in [7, 11) is 9.87. The first-order valence-electron chi connectivity index (χ1n) is 6.38. The van der Waals surface area contributed by atoms with Gasteiger partial charge in [0.2, 0.25) is 0 Å². The van der Waals surface area contributed by atoms with Gasteiger partial charge in [0, 0.05) is 11.8 Å². The molecule has 0 aliphatic heterocycles. The summed E-state index contributed by atoms with van der Waals surface area (Å²) in [6, 6.07) is 6.29. The molecule has 102 valence electrons. The molecule has 2 aliphatic rings. The number of rotatable bonds is 2. The van der Waals surface area contributed by atoms with Gasteiger partial charge in [-0.15, -0.1) is 0 Å². The Balaban J connectivity index is 0.000000408. The fourth-order valence-corrected chi connectivity index (χ4v) is 2.60. The molecule has 0 aromatic heterocycles. The Kier molecular flexibility index (Phi) is 5.51. The molecule has 0 amide bonds. The van der Waals surface area contributed by atoms with Gasteiger partial charge < -0.3 is 5.11 Å². The SMILES string of the molecule is Cc1cccc(C=NC2CC3(CC3)C2)c1O.[Cl][Zr][Cl]. The van der Waals surface area contributed by atoms with Gasteiger partial charge in [-0.3, -0.25) is 4.99 Å². The number of phenols is 1. The molecule has 19 heavy (non-hydrogen) atoms. The molecule has 1 aromatic carbocycles. The van der Waals surface area contributed by atoms with Crippen molar-refractivity contribution in [1.29, 1.82) is 0 Å². The van der Waals surface area contributed by atoms with Gasteiger partial charge in [-0.05, 0) is 49.7 Å². The van der Waals surface area contributed by atoms with Crippen LogP contribution in [0.2, 0.25) is 0 Å². The zero-order valence-electron chi connectivity index (χ0n) is 10.9. The van der Waals surface area contributed by atoms with Gasteiger partial charge in [-0.1, -0.05) is 12.1 Å². The number of nitrogens with zero attached hydrogens (tertiary/aromatic N) is 1. The monoisotopic (exact) mass is 375 g/mol. The third kappa shape index (κ3) is 4.06. The molecule has 1 spiro atoms. The maximum absolute atomic E-state index is 9.82. The quantitative estimate of drug-likeness (QED) is 0.760. The number of phenolic OH excluding ortho intramolecular Hbond substituents is 1. The van der Waals surface area contributed by atoms with Crippen molar-refractivity contribution in [1.82, 2.24) is 0 Å². The van der Waals surface area contributed by atoms with Crippen molar-refractivity contribution in [3.63, 3.8) is 0 Å². The van der Waals surface area contributed by atoms with E-state index in [1.54, 1.807) is 0 Å². The number of hydrogen-bond donors (Lipinski definition) is 1. The molecule has 0 saturated heterocycles. The Morgan fingerprint density at radius 3 is 2.58 bits per heavy atom. The first-order valence-corrected chi connectivity index (χ1v) is 12.7. The van der Waals surface area contributed by atoms with Crippen LogP contribution < -0.4 is 0 Å². The number of benzene rings is 1. The van der Waals surface area contributed by atoms with E-state index in [0.29, 0.717) is 17.2 Å². The third-order valence-corrected chi connectivity index (χ3v) is 3.99. The van der Waals surface area contributed by atoms with Crippen molar-refractivity contribution in [3.8, 4) is 5.75 Å². The van der Waals surface area contributed by atoms with Gasteiger partial charge in [0.15, 0.2) is 0 Å². The van der Waals surface area contributed by atoms with E-state index < -0.39 is 20.8 Å². The molecule has 1 aromatic rings. The summed E-state index contributed by atoms with van der Waals surface area (Å²) in [4.78, 5) is 4.55. The topological polar surface area (TPSA) is 32.6 Å². The molecule has 5 heteroatoms. The third-order valence-electron chi connectivity index (χ3n) is 3.99. The van der Waals surface area contributed by atoms with Gasteiger partial charge in [0.25, 0.3) is 0 Å². The van der Waals surface area contributed by atoms with Crippen molar-refractivity contribution >= 4 is 23.2 Å². The Morgan fingerprint density at radius 2 is 2.00 bits per heavy atom. The summed E-state index contributed by atoms with van der Waals surface area (Å²) in [6.07, 6.45) is 7.18. The molecule has 0 atom stereocenters. The molecular weight excluding hydrogens is 360 g/mol. The predicted molar refractivity (Wildman–Crippen MR) is 76.8 cm³/mol. The number of aliphatic imine (C=N–C) groups is 1. The van der Waals surface area contributed by atoms with Crippen LogP contribution in [0.1, 0.15) is 36.8 Å². The number of halogens is 2. The molecule has 0 unspecified atom stereocenters. The zero-order chi connectivity index (χ0) is 13.9. The molecule has 3 rings (SSSR count). The van der Waals surface area contributed by atoms with Crippen molar-refractivity contribution < 1.29 is 26.0 Å². The van der Waals surface area contributed by atoms with Crippen LogP contribution in [-0.2, 0) is 20.8 Å². The van der Waals surface area contributed by atoms with Crippen molar-refractivity contribution in [2.45, 2.75) is 38.6 Å². The van der Waals surface area contributed by atoms with Crippen molar-refractivity contribution in [2.75, 3.05) is 0 Å². The first kappa shape index (κ1) is 15.5. The summed E-state index contributed by atoms with van der Waals surface area (Å²) in [6.45, 7) is 1.91. The van der Waals surface area contributed by atoms with Gasteiger partial charge in [0.1, 0.15) is 5.75 Å². The Bertz CT molecular complexity index is 467. The molecule has 2 aliphatic carbocycles. The minimum atomic E-state index is -0.826. The Morgan fingerprint density at radius 1 is 1.37 bits per heavy atom. The average molecular weight is 377 g/mol. The molecule has 2 saturated carbocycles. The fraction of sp³-hybridized carbons (Fsp3) is 0.500. The van der Waals surface area contributed by atoms with Crippen LogP contribution in [0.25, 0.3) is 0 Å². The van der Waals surface area contributed by atoms with Crippen LogP contribution >= 0.6 is 17.0 Å². The van der Waals surface area contributed by atoms with Crippen molar-refractivity contribution in [2.24, 2.45) is 10.4 Å². The second-order valence-corrected chi connectivity index (χ2v) is 9.16. The number of para-hydroxylation sites is 1. The number of aromatic hydroxyl groups is 1. The normalized spacial score (nSPS) is 19.7. The standard InChI is InChI=1S/C14H17NO.2ClH.Zr/c1-10-3-2-4-11(13(10)16)9-15-12-7-14(8-12)5-6-14;;;/h2-4,9,12,16H,5-8H2,1H3;2*1H;/q;;;+2/p-2. The molecule has 0 heterocycles. The Labute approximate surface area is 132 Å². The summed E-state index contributed by atoms with van der Waals surface area (Å²) >= 11 is -0.826. The van der Waals surface area contributed by atoms with E-state index in [0.717, 1.165) is 11.1 Å². The van der Waals surface area contributed by atoms with Gasteiger partial charge in [-0.25, -0.2) is 0 Å². The maximum atomic E-state index is 9.82. The van der Waals surface area contributed by atoms with Crippen LogP contribution in [0.3, 0.4) is 0 Å². The average Bonchev–Trinajstić information content (AvgIpc) is 3.11. The summed E-state index contributed by atoms with van der Waals surface area (Å²) in [5, 5.41) is 9.82. The van der Waals surface area contributed by atoms with E-state index in [1.165, 1.54) is 25.7 Å². The number of aryl methyl sites for hydroxylation is 1. The van der Waals surface area contributed by atoms with Gasteiger partial charge in [0.05, 0.1) is 6.04 Å². The molecule has 0 radical (unpaired) electrons. The fourth-order valence-electron chi connectivity index (χ4n) is 2.60. The van der Waals surface area contributed by atoms with E-state index in [9.17, 15) is 5.11 Å². The first-order chi connectivity index (χ1) is 9.10. The minimum absolute atomic E-state index is 0.367. The summed E-state index contributed by atoms with van der Waals surface area (Å²) in [5.41, 5.74) is 2.46. The number of hydrogen-bond acceptors (Lipinski definition) is 2. The zero-order valence-corrected chi connectivity index (χ0v) is 14.8. The summed E-state index contributed by atoms with van der Waals surface area (Å²) in [5.74, 6) is 0.367. The second-order valence-electron chi connectivity index (χ2n) is 5.42. The van der Waals surface area contributed by atoms with Crippen molar-refractivity contribution in [3.05, 3.63) is 29.3 Å². The molecular formula is C14H17Cl2NOZr. The van der Waals surface area contributed by atoms with E-state index in [4.69, 9.17) is 17.0 Å².